The van der Waals surface area contributed by atoms with E-state index in [0.717, 1.165) is 34.4 Å². The Morgan fingerprint density at radius 1 is 1.27 bits per heavy atom. The molecule has 1 aliphatic carbocycles. The minimum Gasteiger partial charge on any atom is -0.388 e. The summed E-state index contributed by atoms with van der Waals surface area (Å²) in [6.45, 7) is 3.52. The molecule has 4 rings (SSSR count). The fraction of sp³-hybridized carbons (Fsp3) is 0.280. The highest BCUT2D eigenvalue weighted by Crippen LogP contribution is 2.38. The van der Waals surface area contributed by atoms with Gasteiger partial charge in [-0.25, -0.2) is 8.78 Å². The maximum Gasteiger partial charge on any atom is 0.207 e. The van der Waals surface area contributed by atoms with Gasteiger partial charge in [0, 0.05) is 31.2 Å². The van der Waals surface area contributed by atoms with Gasteiger partial charge in [-0.2, -0.15) is 5.26 Å². The molecule has 2 aromatic carbocycles. The number of hydrogen-bond acceptors (Lipinski definition) is 4. The van der Waals surface area contributed by atoms with Crippen molar-refractivity contribution in [3.63, 3.8) is 0 Å². The number of benzene rings is 2. The van der Waals surface area contributed by atoms with Gasteiger partial charge in [0.15, 0.2) is 6.86 Å². The Hall–Kier alpha value is -3.70. The number of nitriles is 1. The minimum atomic E-state index is -1.25. The number of alkyl halides is 1. The van der Waals surface area contributed by atoms with E-state index >= 15 is 0 Å². The number of halogens is 2. The topological polar surface area (TPSA) is 90.1 Å². The monoisotopic (exact) mass is 454 g/mol. The predicted molar refractivity (Wildman–Crippen MR) is 127 cm³/mol. The van der Waals surface area contributed by atoms with Crippen LogP contribution in [0.25, 0.3) is 22.2 Å². The Morgan fingerprint density at radius 3 is 2.42 bits per heavy atom. The van der Waals surface area contributed by atoms with Crippen LogP contribution in [0.5, 0.6) is 0 Å². The molecule has 0 bridgehead atoms. The zero-order valence-corrected chi connectivity index (χ0v) is 18.5. The zero-order chi connectivity index (χ0) is 24.2. The summed E-state index contributed by atoms with van der Waals surface area (Å²) in [5.41, 5.74) is 4.35. The van der Waals surface area contributed by atoms with Crippen molar-refractivity contribution >= 4 is 23.0 Å². The van der Waals surface area contributed by atoms with Crippen molar-refractivity contribution in [2.75, 3.05) is 25.8 Å². The SMILES string of the molecule is C=CCNC=O.CNc1ccc(-c2c(C#N)c3ccc(F)cc3n2CC2CC2)cc1.OCF. The lowest BCUT2D eigenvalue weighted by atomic mass is 10.1. The van der Waals surface area contributed by atoms with Crippen molar-refractivity contribution in [3.05, 3.63) is 66.5 Å². The van der Waals surface area contributed by atoms with E-state index in [-0.39, 0.29) is 5.82 Å². The van der Waals surface area contributed by atoms with E-state index in [1.807, 2.05) is 31.3 Å². The second-order valence-electron chi connectivity index (χ2n) is 7.31. The van der Waals surface area contributed by atoms with Gasteiger partial charge in [-0.3, -0.25) is 4.79 Å². The van der Waals surface area contributed by atoms with Crippen molar-refractivity contribution < 1.29 is 18.7 Å². The van der Waals surface area contributed by atoms with Crippen molar-refractivity contribution in [2.24, 2.45) is 5.92 Å². The van der Waals surface area contributed by atoms with Crippen molar-refractivity contribution in [1.29, 1.82) is 5.26 Å². The van der Waals surface area contributed by atoms with E-state index in [9.17, 15) is 18.8 Å². The maximum atomic E-state index is 13.8. The second-order valence-corrected chi connectivity index (χ2v) is 7.31. The lowest BCUT2D eigenvalue weighted by molar-refractivity contribution is -0.109. The third-order valence-electron chi connectivity index (χ3n) is 5.07. The molecular weight excluding hydrogens is 426 g/mol. The number of aromatic nitrogens is 1. The number of amides is 1. The van der Waals surface area contributed by atoms with Gasteiger partial charge in [0.1, 0.15) is 11.9 Å². The number of nitrogens with zero attached hydrogens (tertiary/aromatic N) is 2. The quantitative estimate of drug-likeness (QED) is 0.277. The van der Waals surface area contributed by atoms with Crippen LogP contribution in [-0.2, 0) is 11.3 Å². The first-order chi connectivity index (χ1) is 16.0. The highest BCUT2D eigenvalue weighted by Gasteiger charge is 2.26. The number of aliphatic hydroxyl groups is 1. The van der Waals surface area contributed by atoms with Crippen molar-refractivity contribution in [1.82, 2.24) is 9.88 Å². The summed E-state index contributed by atoms with van der Waals surface area (Å²) in [5.74, 6) is 0.365. The van der Waals surface area contributed by atoms with Crippen LogP contribution in [0.3, 0.4) is 0 Å². The lowest BCUT2D eigenvalue weighted by Gasteiger charge is -2.11. The molecule has 1 fully saturated rings. The van der Waals surface area contributed by atoms with Crippen LogP contribution in [0.1, 0.15) is 18.4 Å². The molecular formula is C25H28F2N4O2. The fourth-order valence-corrected chi connectivity index (χ4v) is 3.41. The number of carbonyl (C=O) groups excluding carboxylic acids is 1. The first kappa shape index (κ1) is 25.6. The van der Waals surface area contributed by atoms with E-state index in [1.54, 1.807) is 18.2 Å². The van der Waals surface area contributed by atoms with Gasteiger partial charge in [-0.15, -0.1) is 6.58 Å². The van der Waals surface area contributed by atoms with Crippen LogP contribution < -0.4 is 10.6 Å². The Bertz CT molecular complexity index is 1090. The van der Waals surface area contributed by atoms with Crippen molar-refractivity contribution in [2.45, 2.75) is 19.4 Å². The number of rotatable bonds is 7. The first-order valence-electron chi connectivity index (χ1n) is 10.5. The van der Waals surface area contributed by atoms with Gasteiger partial charge in [-0.1, -0.05) is 18.2 Å². The average Bonchev–Trinajstić information content (AvgIpc) is 3.60. The van der Waals surface area contributed by atoms with Gasteiger partial charge in [0.05, 0.1) is 16.8 Å². The van der Waals surface area contributed by atoms with Gasteiger partial charge in [0.2, 0.25) is 6.41 Å². The molecule has 0 spiro atoms. The largest absolute Gasteiger partial charge is 0.388 e. The predicted octanol–water partition coefficient (Wildman–Crippen LogP) is 4.59. The molecule has 0 radical (unpaired) electrons. The summed E-state index contributed by atoms with van der Waals surface area (Å²) < 4.78 is 25.8. The Labute approximate surface area is 192 Å². The minimum absolute atomic E-state index is 0.265. The summed E-state index contributed by atoms with van der Waals surface area (Å²) in [6, 6.07) is 15.1. The van der Waals surface area contributed by atoms with Crippen molar-refractivity contribution in [3.8, 4) is 17.3 Å². The molecule has 0 saturated heterocycles. The first-order valence-corrected chi connectivity index (χ1v) is 10.5. The van der Waals surface area contributed by atoms with E-state index in [0.29, 0.717) is 24.4 Å². The standard InChI is InChI=1S/C20H18FN3.C4H7NO.CH3FO/c1-23-16-7-4-14(5-8-16)20-18(11-22)17-9-6-15(21)10-19(17)24(20)12-13-2-3-13;1-2-3-5-4-6;2-1-3/h4-10,13,23H,2-3,12H2,1H3;2,4H,1,3H2,(H,5,6);3H,1H2. The van der Waals surface area contributed by atoms with Crippen LogP contribution in [0.15, 0.2) is 55.1 Å². The van der Waals surface area contributed by atoms with Gasteiger partial charge in [0.25, 0.3) is 0 Å². The van der Waals surface area contributed by atoms with Crippen LogP contribution in [0.4, 0.5) is 14.5 Å². The molecule has 3 aromatic rings. The Kier molecular flexibility index (Phi) is 10.1. The van der Waals surface area contributed by atoms with E-state index in [2.05, 4.69) is 27.8 Å². The number of carbonyl (C=O) groups is 1. The highest BCUT2D eigenvalue weighted by molar-refractivity contribution is 5.94. The van der Waals surface area contributed by atoms with Crippen LogP contribution in [0, 0.1) is 23.1 Å². The Balaban J connectivity index is 0.000000369. The molecule has 0 atom stereocenters. The third-order valence-corrected chi connectivity index (χ3v) is 5.07. The number of hydrogen-bond donors (Lipinski definition) is 3. The van der Waals surface area contributed by atoms with Crippen LogP contribution in [-0.4, -0.2) is 36.5 Å². The molecule has 6 nitrogen and oxygen atoms in total. The molecule has 1 saturated carbocycles. The van der Waals surface area contributed by atoms with Gasteiger partial charge in [-0.05, 0) is 54.7 Å². The van der Waals surface area contributed by atoms with E-state index in [1.165, 1.54) is 18.9 Å². The smallest absolute Gasteiger partial charge is 0.207 e. The van der Waals surface area contributed by atoms with Gasteiger partial charge < -0.3 is 20.3 Å². The molecule has 1 amide bonds. The summed E-state index contributed by atoms with van der Waals surface area (Å²) in [7, 11) is 1.88. The molecule has 1 heterocycles. The molecule has 33 heavy (non-hydrogen) atoms. The van der Waals surface area contributed by atoms with Crippen LogP contribution >= 0.6 is 0 Å². The third kappa shape index (κ3) is 6.89. The lowest BCUT2D eigenvalue weighted by Crippen LogP contribution is -2.08. The van der Waals surface area contributed by atoms with Crippen LogP contribution in [0.2, 0.25) is 0 Å². The summed E-state index contributed by atoms with van der Waals surface area (Å²) in [4.78, 5) is 9.40. The molecule has 1 aromatic heterocycles. The number of anilines is 1. The molecule has 174 valence electrons. The molecule has 0 aliphatic heterocycles. The zero-order valence-electron chi connectivity index (χ0n) is 18.5. The summed E-state index contributed by atoms with van der Waals surface area (Å²) in [6.07, 6.45) is 4.67. The molecule has 8 heteroatoms. The molecule has 3 N–H and O–H groups in total. The Morgan fingerprint density at radius 2 is 1.94 bits per heavy atom. The normalized spacial score (nSPS) is 11.8. The average molecular weight is 455 g/mol. The summed E-state index contributed by atoms with van der Waals surface area (Å²) in [5, 5.41) is 23.0. The number of nitrogens with one attached hydrogen (secondary N) is 2. The highest BCUT2D eigenvalue weighted by atomic mass is 19.1. The van der Waals surface area contributed by atoms with E-state index < -0.39 is 6.86 Å². The van der Waals surface area contributed by atoms with E-state index in [4.69, 9.17) is 5.11 Å². The fourth-order valence-electron chi connectivity index (χ4n) is 3.41. The number of aliphatic hydroxyl groups excluding tert-OH is 1. The molecule has 0 unspecified atom stereocenters. The molecule has 1 aliphatic rings. The summed E-state index contributed by atoms with van der Waals surface area (Å²) >= 11 is 0. The second kappa shape index (κ2) is 13.0. The maximum absolute atomic E-state index is 13.8. The number of fused-ring (bicyclic) bond motifs is 1. The van der Waals surface area contributed by atoms with Gasteiger partial charge >= 0.3 is 0 Å².